The van der Waals surface area contributed by atoms with Gasteiger partial charge in [-0.05, 0) is 37.8 Å². The minimum Gasteiger partial charge on any atom is -0.477 e. The molecule has 1 N–H and O–H groups in total. The van der Waals surface area contributed by atoms with Crippen molar-refractivity contribution in [2.75, 3.05) is 11.4 Å². The van der Waals surface area contributed by atoms with E-state index in [1.165, 1.54) is 0 Å². The second-order valence-corrected chi connectivity index (χ2v) is 4.88. The van der Waals surface area contributed by atoms with Gasteiger partial charge in [0.1, 0.15) is 5.69 Å². The highest BCUT2D eigenvalue weighted by Crippen LogP contribution is 2.27. The summed E-state index contributed by atoms with van der Waals surface area (Å²) in [6, 6.07) is 4.01. The number of carboxylic acid groups (broad SMARTS) is 1. The number of aromatic nitrogens is 1. The molecule has 1 fully saturated rings. The Hall–Kier alpha value is -1.58. The standard InChI is InChI=1S/C13H18N2O2/c1-9-4-6-15(10(2)7-9)11-3-5-14-12(8-11)13(16)17/h3,5,8-10H,4,6-7H2,1-2H3,(H,16,17). The molecule has 0 amide bonds. The zero-order chi connectivity index (χ0) is 12.4. The van der Waals surface area contributed by atoms with E-state index in [2.05, 4.69) is 23.7 Å². The molecule has 2 unspecified atom stereocenters. The average molecular weight is 234 g/mol. The molecule has 2 heterocycles. The molecule has 1 aromatic rings. The lowest BCUT2D eigenvalue weighted by molar-refractivity contribution is 0.0690. The van der Waals surface area contributed by atoms with Gasteiger partial charge in [0, 0.05) is 24.5 Å². The number of anilines is 1. The minimum atomic E-state index is -0.968. The van der Waals surface area contributed by atoms with Crippen LogP contribution in [0, 0.1) is 5.92 Å². The molecule has 4 nitrogen and oxygen atoms in total. The fraction of sp³-hybridized carbons (Fsp3) is 0.538. The van der Waals surface area contributed by atoms with Crippen molar-refractivity contribution in [2.24, 2.45) is 5.92 Å². The van der Waals surface area contributed by atoms with Gasteiger partial charge >= 0.3 is 5.97 Å². The van der Waals surface area contributed by atoms with Crippen molar-refractivity contribution in [2.45, 2.75) is 32.7 Å². The number of aromatic carboxylic acids is 1. The van der Waals surface area contributed by atoms with E-state index in [9.17, 15) is 4.79 Å². The van der Waals surface area contributed by atoms with Gasteiger partial charge in [0.05, 0.1) is 0 Å². The van der Waals surface area contributed by atoms with E-state index in [4.69, 9.17) is 5.11 Å². The van der Waals surface area contributed by atoms with Crippen molar-refractivity contribution in [3.63, 3.8) is 0 Å². The monoisotopic (exact) mass is 234 g/mol. The first kappa shape index (κ1) is 11.9. The Morgan fingerprint density at radius 3 is 2.94 bits per heavy atom. The van der Waals surface area contributed by atoms with Crippen molar-refractivity contribution in [3.8, 4) is 0 Å². The lowest BCUT2D eigenvalue weighted by atomic mass is 9.93. The molecule has 1 saturated heterocycles. The van der Waals surface area contributed by atoms with E-state index in [1.54, 1.807) is 12.3 Å². The number of nitrogens with zero attached hydrogens (tertiary/aromatic N) is 2. The lowest BCUT2D eigenvalue weighted by Crippen LogP contribution is -2.40. The molecule has 1 aliphatic rings. The Labute approximate surface area is 101 Å². The maximum absolute atomic E-state index is 10.9. The number of hydrogen-bond donors (Lipinski definition) is 1. The van der Waals surface area contributed by atoms with Gasteiger partial charge in [0.25, 0.3) is 0 Å². The highest BCUT2D eigenvalue weighted by Gasteiger charge is 2.23. The lowest BCUT2D eigenvalue weighted by Gasteiger charge is -2.38. The second kappa shape index (κ2) is 4.73. The molecule has 0 spiro atoms. The molecular weight excluding hydrogens is 216 g/mol. The van der Waals surface area contributed by atoms with Crippen LogP contribution in [-0.4, -0.2) is 28.6 Å². The third-order valence-corrected chi connectivity index (χ3v) is 3.43. The smallest absolute Gasteiger partial charge is 0.354 e. The third-order valence-electron chi connectivity index (χ3n) is 3.43. The van der Waals surface area contributed by atoms with E-state index in [0.29, 0.717) is 6.04 Å². The van der Waals surface area contributed by atoms with E-state index < -0.39 is 5.97 Å². The Morgan fingerprint density at radius 2 is 2.29 bits per heavy atom. The topological polar surface area (TPSA) is 53.4 Å². The van der Waals surface area contributed by atoms with Crippen LogP contribution in [0.1, 0.15) is 37.2 Å². The molecule has 2 rings (SSSR count). The summed E-state index contributed by atoms with van der Waals surface area (Å²) >= 11 is 0. The minimum absolute atomic E-state index is 0.119. The predicted molar refractivity (Wildman–Crippen MR) is 66.4 cm³/mol. The number of carboxylic acids is 1. The van der Waals surface area contributed by atoms with Gasteiger partial charge in [0.2, 0.25) is 0 Å². The highest BCUT2D eigenvalue weighted by molar-refractivity contribution is 5.86. The number of hydrogen-bond acceptors (Lipinski definition) is 3. The summed E-state index contributed by atoms with van der Waals surface area (Å²) in [4.78, 5) is 17.0. The van der Waals surface area contributed by atoms with Crippen LogP contribution in [0.5, 0.6) is 0 Å². The van der Waals surface area contributed by atoms with Crippen molar-refractivity contribution < 1.29 is 9.90 Å². The van der Waals surface area contributed by atoms with Crippen LogP contribution in [0.3, 0.4) is 0 Å². The Bertz CT molecular complexity index is 420. The second-order valence-electron chi connectivity index (χ2n) is 4.88. The molecule has 4 heteroatoms. The number of carbonyl (C=O) groups is 1. The van der Waals surface area contributed by atoms with Gasteiger partial charge in [0.15, 0.2) is 0 Å². The molecule has 1 aliphatic heterocycles. The van der Waals surface area contributed by atoms with Crippen LogP contribution in [0.15, 0.2) is 18.3 Å². The Morgan fingerprint density at radius 1 is 1.53 bits per heavy atom. The molecule has 0 saturated carbocycles. The fourth-order valence-corrected chi connectivity index (χ4v) is 2.51. The van der Waals surface area contributed by atoms with Gasteiger partial charge < -0.3 is 10.0 Å². The van der Waals surface area contributed by atoms with Crippen molar-refractivity contribution in [3.05, 3.63) is 24.0 Å². The number of pyridine rings is 1. The average Bonchev–Trinajstić information content (AvgIpc) is 2.29. The van der Waals surface area contributed by atoms with Gasteiger partial charge in [-0.15, -0.1) is 0 Å². The van der Waals surface area contributed by atoms with E-state index in [1.807, 2.05) is 6.07 Å². The van der Waals surface area contributed by atoms with E-state index in [-0.39, 0.29) is 5.69 Å². The first-order chi connectivity index (χ1) is 8.08. The van der Waals surface area contributed by atoms with E-state index >= 15 is 0 Å². The molecule has 0 aromatic carbocycles. The van der Waals surface area contributed by atoms with Crippen LogP contribution >= 0.6 is 0 Å². The summed E-state index contributed by atoms with van der Waals surface area (Å²) in [5.41, 5.74) is 1.09. The molecule has 0 radical (unpaired) electrons. The van der Waals surface area contributed by atoms with E-state index in [0.717, 1.165) is 31.0 Å². The zero-order valence-corrected chi connectivity index (χ0v) is 10.3. The van der Waals surface area contributed by atoms with Crippen LogP contribution < -0.4 is 4.90 Å². The largest absolute Gasteiger partial charge is 0.477 e. The quantitative estimate of drug-likeness (QED) is 0.853. The van der Waals surface area contributed by atoms with Gasteiger partial charge in [-0.25, -0.2) is 9.78 Å². The Kier molecular flexibility index (Phi) is 3.31. The van der Waals surface area contributed by atoms with Gasteiger partial charge in [-0.2, -0.15) is 0 Å². The normalized spacial score (nSPS) is 24.7. The van der Waals surface area contributed by atoms with Crippen molar-refractivity contribution in [1.29, 1.82) is 0 Å². The highest BCUT2D eigenvalue weighted by atomic mass is 16.4. The SMILES string of the molecule is CC1CCN(c2ccnc(C(=O)O)c2)C(C)C1. The summed E-state index contributed by atoms with van der Waals surface area (Å²) < 4.78 is 0. The number of piperidine rings is 1. The van der Waals surface area contributed by atoms with Crippen molar-refractivity contribution >= 4 is 11.7 Å². The molecule has 17 heavy (non-hydrogen) atoms. The molecular formula is C13H18N2O2. The third kappa shape index (κ3) is 2.57. The van der Waals surface area contributed by atoms with Crippen LogP contribution in [-0.2, 0) is 0 Å². The maximum Gasteiger partial charge on any atom is 0.354 e. The summed E-state index contributed by atoms with van der Waals surface area (Å²) in [6.45, 7) is 5.45. The zero-order valence-electron chi connectivity index (χ0n) is 10.3. The molecule has 92 valence electrons. The molecule has 1 aromatic heterocycles. The summed E-state index contributed by atoms with van der Waals surface area (Å²) in [7, 11) is 0. The predicted octanol–water partition coefficient (Wildman–Crippen LogP) is 2.40. The summed E-state index contributed by atoms with van der Waals surface area (Å²) in [6.07, 6.45) is 3.89. The summed E-state index contributed by atoms with van der Waals surface area (Å²) in [5, 5.41) is 8.93. The number of rotatable bonds is 2. The maximum atomic E-state index is 10.9. The molecule has 0 bridgehead atoms. The van der Waals surface area contributed by atoms with Gasteiger partial charge in [-0.1, -0.05) is 6.92 Å². The first-order valence-electron chi connectivity index (χ1n) is 6.04. The molecule has 2 atom stereocenters. The van der Waals surface area contributed by atoms with Crippen LogP contribution in [0.4, 0.5) is 5.69 Å². The van der Waals surface area contributed by atoms with Crippen LogP contribution in [0.25, 0.3) is 0 Å². The molecule has 0 aliphatic carbocycles. The van der Waals surface area contributed by atoms with Crippen LogP contribution in [0.2, 0.25) is 0 Å². The first-order valence-corrected chi connectivity index (χ1v) is 6.04. The van der Waals surface area contributed by atoms with Gasteiger partial charge in [-0.3, -0.25) is 0 Å². The Balaban J connectivity index is 2.22. The summed E-state index contributed by atoms with van der Waals surface area (Å²) in [5.74, 6) is -0.216. The van der Waals surface area contributed by atoms with Crippen molar-refractivity contribution in [1.82, 2.24) is 4.98 Å². The fourth-order valence-electron chi connectivity index (χ4n) is 2.51.